The van der Waals surface area contributed by atoms with E-state index in [1.807, 2.05) is 6.07 Å². The van der Waals surface area contributed by atoms with Crippen molar-refractivity contribution >= 4 is 27.7 Å². The largest absolute Gasteiger partial charge is 0.0901 e. The first kappa shape index (κ1) is 11.7. The molecular formula is C14H13BrS. The smallest absolute Gasteiger partial charge is 0.0367 e. The number of hydrogen-bond acceptors (Lipinski definition) is 1. The molecule has 0 spiro atoms. The van der Waals surface area contributed by atoms with E-state index in [0.717, 1.165) is 0 Å². The van der Waals surface area contributed by atoms with Crippen LogP contribution in [0.4, 0.5) is 0 Å². The maximum Gasteiger partial charge on any atom is 0.0367 e. The summed E-state index contributed by atoms with van der Waals surface area (Å²) in [6.45, 7) is 2.14. The average molecular weight is 293 g/mol. The Morgan fingerprint density at radius 1 is 0.875 bits per heavy atom. The van der Waals surface area contributed by atoms with Gasteiger partial charge in [-0.3, -0.25) is 0 Å². The van der Waals surface area contributed by atoms with Crippen molar-refractivity contribution in [2.24, 2.45) is 0 Å². The van der Waals surface area contributed by atoms with Gasteiger partial charge in [0.2, 0.25) is 0 Å². The first-order valence-electron chi connectivity index (χ1n) is 5.22. The van der Waals surface area contributed by atoms with Crippen LogP contribution < -0.4 is 0 Å². The van der Waals surface area contributed by atoms with Gasteiger partial charge in [-0.2, -0.15) is 0 Å². The summed E-state index contributed by atoms with van der Waals surface area (Å²) >= 11 is 5.36. The highest BCUT2D eigenvalue weighted by Crippen LogP contribution is 2.29. The third-order valence-electron chi connectivity index (χ3n) is 2.32. The van der Waals surface area contributed by atoms with Crippen molar-refractivity contribution in [3.8, 4) is 0 Å². The van der Waals surface area contributed by atoms with Crippen LogP contribution in [-0.2, 0) is 0 Å². The lowest BCUT2D eigenvalue weighted by atomic mass is 10.2. The first-order chi connectivity index (χ1) is 7.75. The van der Waals surface area contributed by atoms with Crippen molar-refractivity contribution in [3.63, 3.8) is 0 Å². The Bertz CT molecular complexity index is 434. The van der Waals surface area contributed by atoms with Crippen molar-refractivity contribution in [1.29, 1.82) is 0 Å². The molecule has 0 radical (unpaired) electrons. The van der Waals surface area contributed by atoms with Crippen LogP contribution in [0.3, 0.4) is 0 Å². The van der Waals surface area contributed by atoms with Crippen LogP contribution in [-0.4, -0.2) is 0 Å². The highest BCUT2D eigenvalue weighted by molar-refractivity contribution is 9.09. The molecule has 0 bridgehead atoms. The predicted octanol–water partition coefficient (Wildman–Crippen LogP) is 5.29. The van der Waals surface area contributed by atoms with Crippen LogP contribution in [0.5, 0.6) is 0 Å². The van der Waals surface area contributed by atoms with Gasteiger partial charge in [-0.25, -0.2) is 0 Å². The van der Waals surface area contributed by atoms with E-state index in [1.165, 1.54) is 15.4 Å². The van der Waals surface area contributed by atoms with Gasteiger partial charge in [-0.15, -0.1) is 0 Å². The van der Waals surface area contributed by atoms with Gasteiger partial charge in [0.15, 0.2) is 0 Å². The standard InChI is InChI=1S/C14H13BrS/c1-11(15)12-7-9-14(10-8-12)16-13-5-3-2-4-6-13/h2-11H,1H3. The van der Waals surface area contributed by atoms with Crippen molar-refractivity contribution in [2.75, 3.05) is 0 Å². The molecule has 2 heteroatoms. The summed E-state index contributed by atoms with van der Waals surface area (Å²) in [5.41, 5.74) is 1.32. The average Bonchev–Trinajstić information content (AvgIpc) is 2.31. The molecule has 82 valence electrons. The molecule has 0 aromatic heterocycles. The van der Waals surface area contributed by atoms with Gasteiger partial charge in [0.25, 0.3) is 0 Å². The van der Waals surface area contributed by atoms with E-state index in [1.54, 1.807) is 11.8 Å². The van der Waals surface area contributed by atoms with Crippen LogP contribution in [0.15, 0.2) is 64.4 Å². The molecule has 16 heavy (non-hydrogen) atoms. The normalized spacial score (nSPS) is 12.4. The minimum absolute atomic E-state index is 0.420. The molecule has 0 heterocycles. The Hall–Kier alpha value is -0.730. The quantitative estimate of drug-likeness (QED) is 0.692. The van der Waals surface area contributed by atoms with E-state index >= 15 is 0 Å². The molecule has 1 atom stereocenters. The lowest BCUT2D eigenvalue weighted by Crippen LogP contribution is -1.82. The summed E-state index contributed by atoms with van der Waals surface area (Å²) in [6.07, 6.45) is 0. The van der Waals surface area contributed by atoms with Gasteiger partial charge in [-0.1, -0.05) is 58.0 Å². The van der Waals surface area contributed by atoms with E-state index in [0.29, 0.717) is 4.83 Å². The Balaban J connectivity index is 2.11. The second-order valence-corrected chi connectivity index (χ2v) is 6.12. The van der Waals surface area contributed by atoms with Crippen LogP contribution in [0, 0.1) is 0 Å². The maximum absolute atomic E-state index is 3.57. The Morgan fingerprint density at radius 2 is 1.44 bits per heavy atom. The monoisotopic (exact) mass is 292 g/mol. The zero-order valence-corrected chi connectivity index (χ0v) is 11.5. The van der Waals surface area contributed by atoms with Crippen LogP contribution in [0.1, 0.15) is 17.3 Å². The highest BCUT2D eigenvalue weighted by Gasteiger charge is 2.01. The number of hydrogen-bond donors (Lipinski definition) is 0. The molecule has 0 aliphatic rings. The lowest BCUT2D eigenvalue weighted by molar-refractivity contribution is 1.12. The summed E-state index contributed by atoms with van der Waals surface area (Å²) in [4.78, 5) is 2.98. The predicted molar refractivity (Wildman–Crippen MR) is 74.3 cm³/mol. The van der Waals surface area contributed by atoms with Crippen LogP contribution in [0.25, 0.3) is 0 Å². The van der Waals surface area contributed by atoms with Crippen molar-refractivity contribution in [2.45, 2.75) is 21.5 Å². The fourth-order valence-electron chi connectivity index (χ4n) is 1.43. The van der Waals surface area contributed by atoms with E-state index < -0.39 is 0 Å². The third kappa shape index (κ3) is 3.13. The molecule has 0 aliphatic carbocycles. The summed E-state index contributed by atoms with van der Waals surface area (Å²) in [6, 6.07) is 19.1. The van der Waals surface area contributed by atoms with E-state index in [4.69, 9.17) is 0 Å². The third-order valence-corrected chi connectivity index (χ3v) is 3.86. The molecule has 2 aromatic rings. The van der Waals surface area contributed by atoms with Gasteiger partial charge in [-0.05, 0) is 36.8 Å². The summed E-state index contributed by atoms with van der Waals surface area (Å²) < 4.78 is 0. The van der Waals surface area contributed by atoms with Gasteiger partial charge in [0.05, 0.1) is 0 Å². The van der Waals surface area contributed by atoms with E-state index in [-0.39, 0.29) is 0 Å². The molecule has 0 aliphatic heterocycles. The maximum atomic E-state index is 3.57. The van der Waals surface area contributed by atoms with E-state index in [2.05, 4.69) is 71.4 Å². The van der Waals surface area contributed by atoms with Gasteiger partial charge < -0.3 is 0 Å². The topological polar surface area (TPSA) is 0 Å². The minimum Gasteiger partial charge on any atom is -0.0901 e. The van der Waals surface area contributed by atoms with Crippen LogP contribution >= 0.6 is 27.7 Å². The molecule has 0 nitrogen and oxygen atoms in total. The molecular weight excluding hydrogens is 280 g/mol. The molecule has 1 unspecified atom stereocenters. The zero-order chi connectivity index (χ0) is 11.4. The second kappa shape index (κ2) is 5.55. The molecule has 0 N–H and O–H groups in total. The second-order valence-electron chi connectivity index (χ2n) is 3.60. The zero-order valence-electron chi connectivity index (χ0n) is 9.06. The summed E-state index contributed by atoms with van der Waals surface area (Å²) in [5.74, 6) is 0. The number of alkyl halides is 1. The Kier molecular flexibility index (Phi) is 4.08. The first-order valence-corrected chi connectivity index (χ1v) is 6.96. The fourth-order valence-corrected chi connectivity index (χ4v) is 2.57. The van der Waals surface area contributed by atoms with Crippen molar-refractivity contribution < 1.29 is 0 Å². The number of benzene rings is 2. The minimum atomic E-state index is 0.420. The lowest BCUT2D eigenvalue weighted by Gasteiger charge is -2.05. The van der Waals surface area contributed by atoms with Crippen molar-refractivity contribution in [1.82, 2.24) is 0 Å². The molecule has 2 rings (SSSR count). The highest BCUT2D eigenvalue weighted by atomic mass is 79.9. The van der Waals surface area contributed by atoms with Gasteiger partial charge >= 0.3 is 0 Å². The molecule has 0 fully saturated rings. The number of rotatable bonds is 3. The Labute approximate surface area is 109 Å². The van der Waals surface area contributed by atoms with Gasteiger partial charge in [0.1, 0.15) is 0 Å². The van der Waals surface area contributed by atoms with Crippen LogP contribution in [0.2, 0.25) is 0 Å². The molecule has 0 saturated heterocycles. The molecule has 2 aromatic carbocycles. The number of halogens is 1. The van der Waals surface area contributed by atoms with Crippen molar-refractivity contribution in [3.05, 3.63) is 60.2 Å². The van der Waals surface area contributed by atoms with Gasteiger partial charge in [0, 0.05) is 14.6 Å². The molecule has 0 amide bonds. The summed E-state index contributed by atoms with van der Waals surface area (Å²) in [7, 11) is 0. The fraction of sp³-hybridized carbons (Fsp3) is 0.143. The Morgan fingerprint density at radius 3 is 2.00 bits per heavy atom. The van der Waals surface area contributed by atoms with E-state index in [9.17, 15) is 0 Å². The summed E-state index contributed by atoms with van der Waals surface area (Å²) in [5, 5.41) is 0. The SMILES string of the molecule is CC(Br)c1ccc(Sc2ccccc2)cc1. The molecule has 0 saturated carbocycles.